The summed E-state index contributed by atoms with van der Waals surface area (Å²) in [5.41, 5.74) is 1.54. The maximum Gasteiger partial charge on any atom is 0.264 e. The summed E-state index contributed by atoms with van der Waals surface area (Å²) in [6.45, 7) is 0. The highest BCUT2D eigenvalue weighted by molar-refractivity contribution is 9.10. The lowest BCUT2D eigenvalue weighted by Gasteiger charge is -2.37. The number of halogens is 1. The van der Waals surface area contributed by atoms with Crippen LogP contribution in [0.3, 0.4) is 0 Å². The third-order valence-corrected chi connectivity index (χ3v) is 5.56. The normalized spacial score (nSPS) is 14.0. The van der Waals surface area contributed by atoms with Crippen molar-refractivity contribution in [2.75, 3.05) is 10.7 Å². The van der Waals surface area contributed by atoms with Gasteiger partial charge in [0.15, 0.2) is 17.3 Å². The molecule has 0 spiro atoms. The Hall–Kier alpha value is -2.49. The number of hydrogen-bond donors (Lipinski definition) is 1. The van der Waals surface area contributed by atoms with E-state index in [0.717, 1.165) is 11.4 Å². The molecule has 2 heterocycles. The number of anilines is 2. The number of fused-ring (bicyclic) bond motifs is 2. The van der Waals surface area contributed by atoms with E-state index in [-0.39, 0.29) is 6.42 Å². The first kappa shape index (κ1) is 18.9. The van der Waals surface area contributed by atoms with E-state index in [1.54, 1.807) is 12.3 Å². The molecule has 1 atom stereocenters. The number of aromatic nitrogens is 2. The third-order valence-electron chi connectivity index (χ3n) is 4.37. The fourth-order valence-electron chi connectivity index (χ4n) is 3.21. The van der Waals surface area contributed by atoms with Crippen molar-refractivity contribution in [2.24, 2.45) is 0 Å². The SMILES string of the molecule is O=S(=O)(O)CCC(c1nccc(Br)n1)N1c2ccccc2Oc2ccccc21. The predicted molar refractivity (Wildman–Crippen MR) is 109 cm³/mol. The largest absolute Gasteiger partial charge is 0.453 e. The molecule has 144 valence electrons. The molecule has 0 saturated heterocycles. The topological polar surface area (TPSA) is 92.6 Å². The quantitative estimate of drug-likeness (QED) is 0.441. The summed E-state index contributed by atoms with van der Waals surface area (Å²) in [6, 6.07) is 16.1. The van der Waals surface area contributed by atoms with Crippen molar-refractivity contribution in [3.8, 4) is 11.5 Å². The molecule has 4 rings (SSSR count). The number of para-hydroxylation sites is 4. The molecule has 2 aromatic carbocycles. The van der Waals surface area contributed by atoms with Crippen LogP contribution in [0, 0.1) is 0 Å². The third kappa shape index (κ3) is 3.87. The highest BCUT2D eigenvalue weighted by atomic mass is 79.9. The molecule has 1 aliphatic rings. The van der Waals surface area contributed by atoms with E-state index in [1.807, 2.05) is 53.4 Å². The Morgan fingerprint density at radius 1 is 1.04 bits per heavy atom. The lowest BCUT2D eigenvalue weighted by Crippen LogP contribution is -2.29. The fourth-order valence-corrected chi connectivity index (χ4v) is 4.04. The van der Waals surface area contributed by atoms with E-state index in [4.69, 9.17) is 4.74 Å². The van der Waals surface area contributed by atoms with Crippen LogP contribution in [0.5, 0.6) is 11.5 Å². The average molecular weight is 462 g/mol. The molecule has 0 amide bonds. The molecule has 0 bridgehead atoms. The molecular formula is C19H16BrN3O4S. The Morgan fingerprint density at radius 2 is 1.64 bits per heavy atom. The molecule has 3 aromatic rings. The molecule has 0 fully saturated rings. The van der Waals surface area contributed by atoms with Crippen LogP contribution < -0.4 is 9.64 Å². The lowest BCUT2D eigenvalue weighted by molar-refractivity contribution is 0.458. The van der Waals surface area contributed by atoms with Crippen molar-refractivity contribution in [1.82, 2.24) is 9.97 Å². The summed E-state index contributed by atoms with van der Waals surface area (Å²) in [5, 5.41) is 0. The second-order valence-corrected chi connectivity index (χ2v) is 8.62. The molecule has 0 radical (unpaired) electrons. The molecule has 0 aliphatic carbocycles. The standard InChI is InChI=1S/C19H16BrN3O4S/c20-18-9-11-21-19(22-18)15(10-12-28(24,25)26)23-13-5-1-3-7-16(13)27-17-8-4-2-6-14(17)23/h1-9,11,15H,10,12H2,(H,24,25,26). The lowest BCUT2D eigenvalue weighted by atomic mass is 10.1. The Labute approximate surface area is 170 Å². The number of nitrogens with zero attached hydrogens (tertiary/aromatic N) is 3. The molecule has 1 N–H and O–H groups in total. The monoisotopic (exact) mass is 461 g/mol. The minimum atomic E-state index is -4.16. The van der Waals surface area contributed by atoms with E-state index in [0.29, 0.717) is 21.9 Å². The van der Waals surface area contributed by atoms with Crippen LogP contribution in [0.15, 0.2) is 65.4 Å². The van der Waals surface area contributed by atoms with Crippen molar-refractivity contribution in [3.63, 3.8) is 0 Å². The van der Waals surface area contributed by atoms with Gasteiger partial charge < -0.3 is 9.64 Å². The van der Waals surface area contributed by atoms with E-state index in [9.17, 15) is 13.0 Å². The minimum absolute atomic E-state index is 0.0952. The number of ether oxygens (including phenoxy) is 1. The van der Waals surface area contributed by atoms with Crippen molar-refractivity contribution in [1.29, 1.82) is 0 Å². The van der Waals surface area contributed by atoms with Crippen LogP contribution >= 0.6 is 15.9 Å². The maximum absolute atomic E-state index is 11.5. The van der Waals surface area contributed by atoms with Gasteiger partial charge in [0, 0.05) is 6.20 Å². The second kappa shape index (κ2) is 7.50. The molecule has 0 saturated carbocycles. The highest BCUT2D eigenvalue weighted by Gasteiger charge is 2.33. The second-order valence-electron chi connectivity index (χ2n) is 6.24. The van der Waals surface area contributed by atoms with Gasteiger partial charge in [-0.15, -0.1) is 0 Å². The van der Waals surface area contributed by atoms with Gasteiger partial charge in [-0.1, -0.05) is 24.3 Å². The van der Waals surface area contributed by atoms with Gasteiger partial charge in [0.1, 0.15) is 4.60 Å². The first-order chi connectivity index (χ1) is 13.4. The van der Waals surface area contributed by atoms with Gasteiger partial charge in [0.25, 0.3) is 10.1 Å². The van der Waals surface area contributed by atoms with Crippen LogP contribution in [0.2, 0.25) is 0 Å². The van der Waals surface area contributed by atoms with Gasteiger partial charge >= 0.3 is 0 Å². The summed E-state index contributed by atoms with van der Waals surface area (Å²) in [5.74, 6) is 1.31. The van der Waals surface area contributed by atoms with Gasteiger partial charge in [-0.3, -0.25) is 4.55 Å². The Balaban J connectivity index is 1.88. The fraction of sp³-hybridized carbons (Fsp3) is 0.158. The maximum atomic E-state index is 11.5. The van der Waals surface area contributed by atoms with E-state index >= 15 is 0 Å². The van der Waals surface area contributed by atoms with Crippen LogP contribution in [0.4, 0.5) is 11.4 Å². The predicted octanol–water partition coefficient (Wildman–Crippen LogP) is 4.50. The van der Waals surface area contributed by atoms with Gasteiger partial charge in [-0.05, 0) is 52.7 Å². The van der Waals surface area contributed by atoms with Crippen LogP contribution in [-0.2, 0) is 10.1 Å². The zero-order valence-electron chi connectivity index (χ0n) is 14.6. The van der Waals surface area contributed by atoms with E-state index in [1.165, 1.54) is 0 Å². The van der Waals surface area contributed by atoms with Gasteiger partial charge in [-0.25, -0.2) is 9.97 Å². The summed E-state index contributed by atoms with van der Waals surface area (Å²) < 4.78 is 38.9. The molecular weight excluding hydrogens is 446 g/mol. The van der Waals surface area contributed by atoms with Crippen molar-refractivity contribution in [3.05, 3.63) is 71.2 Å². The summed E-state index contributed by atoms with van der Waals surface area (Å²) >= 11 is 3.35. The molecule has 1 aromatic heterocycles. The molecule has 9 heteroatoms. The zero-order valence-corrected chi connectivity index (χ0v) is 17.0. The molecule has 7 nitrogen and oxygen atoms in total. The molecule has 1 aliphatic heterocycles. The Kier molecular flexibility index (Phi) is 5.05. The average Bonchev–Trinajstić information content (AvgIpc) is 2.66. The van der Waals surface area contributed by atoms with Crippen molar-refractivity contribution < 1.29 is 17.7 Å². The Morgan fingerprint density at radius 3 is 2.21 bits per heavy atom. The van der Waals surface area contributed by atoms with Gasteiger partial charge in [0.2, 0.25) is 0 Å². The van der Waals surface area contributed by atoms with E-state index < -0.39 is 21.9 Å². The number of rotatable bonds is 5. The molecule has 28 heavy (non-hydrogen) atoms. The summed E-state index contributed by atoms with van der Waals surface area (Å²) in [7, 11) is -4.16. The van der Waals surface area contributed by atoms with Crippen LogP contribution in [0.1, 0.15) is 18.3 Å². The van der Waals surface area contributed by atoms with Crippen molar-refractivity contribution >= 4 is 37.4 Å². The van der Waals surface area contributed by atoms with Gasteiger partial charge in [0.05, 0.1) is 23.2 Å². The Bertz CT molecular complexity index is 1080. The summed E-state index contributed by atoms with van der Waals surface area (Å²) in [6.07, 6.45) is 1.70. The number of benzene rings is 2. The van der Waals surface area contributed by atoms with Crippen LogP contribution in [0.25, 0.3) is 0 Å². The molecule has 1 unspecified atom stereocenters. The minimum Gasteiger partial charge on any atom is -0.453 e. The smallest absolute Gasteiger partial charge is 0.264 e. The first-order valence-corrected chi connectivity index (χ1v) is 10.9. The van der Waals surface area contributed by atoms with E-state index in [2.05, 4.69) is 25.9 Å². The zero-order chi connectivity index (χ0) is 19.7. The number of hydrogen-bond acceptors (Lipinski definition) is 6. The van der Waals surface area contributed by atoms with Crippen LogP contribution in [-0.4, -0.2) is 28.7 Å². The van der Waals surface area contributed by atoms with Crippen molar-refractivity contribution in [2.45, 2.75) is 12.5 Å². The first-order valence-electron chi connectivity index (χ1n) is 8.51. The van der Waals surface area contributed by atoms with Gasteiger partial charge in [-0.2, -0.15) is 8.42 Å². The summed E-state index contributed by atoms with van der Waals surface area (Å²) in [4.78, 5) is 10.8. The highest BCUT2D eigenvalue weighted by Crippen LogP contribution is 2.50.